The quantitative estimate of drug-likeness (QED) is 0.683. The van der Waals surface area contributed by atoms with Crippen molar-refractivity contribution in [3.8, 4) is 0 Å². The van der Waals surface area contributed by atoms with Crippen LogP contribution in [0.15, 0.2) is 18.2 Å². The van der Waals surface area contributed by atoms with Crippen molar-refractivity contribution in [2.75, 3.05) is 18.4 Å². The number of anilines is 1. The first kappa shape index (κ1) is 11.6. The van der Waals surface area contributed by atoms with Crippen LogP contribution in [-0.2, 0) is 0 Å². The number of nitrogens with one attached hydrogen (secondary N) is 2. The summed E-state index contributed by atoms with van der Waals surface area (Å²) in [4.78, 5) is 11.5. The van der Waals surface area contributed by atoms with Crippen LogP contribution in [0.4, 0.5) is 5.69 Å². The van der Waals surface area contributed by atoms with E-state index in [1.807, 2.05) is 39.0 Å². The molecule has 0 unspecified atom stereocenters. The molecule has 0 atom stereocenters. The third-order valence-electron chi connectivity index (χ3n) is 2.23. The molecule has 1 aromatic carbocycles. The molecule has 1 heterocycles. The third-order valence-corrected chi connectivity index (χ3v) is 2.23. The van der Waals surface area contributed by atoms with E-state index in [1.165, 1.54) is 0 Å². The summed E-state index contributed by atoms with van der Waals surface area (Å²) in [5.41, 5.74) is 2.84. The lowest BCUT2D eigenvalue weighted by molar-refractivity contribution is 0.0958. The van der Waals surface area contributed by atoms with Gasteiger partial charge in [-0.3, -0.25) is 4.79 Å². The minimum atomic E-state index is 0.0173. The Hall–Kier alpha value is -1.51. The van der Waals surface area contributed by atoms with Gasteiger partial charge in [0.1, 0.15) is 0 Å². The minimum absolute atomic E-state index is 0.0173. The van der Waals surface area contributed by atoms with Crippen molar-refractivity contribution in [2.45, 2.75) is 20.8 Å². The van der Waals surface area contributed by atoms with Crippen LogP contribution in [0, 0.1) is 6.92 Å². The summed E-state index contributed by atoms with van der Waals surface area (Å²) in [6.07, 6.45) is 0. The number of benzene rings is 1. The van der Waals surface area contributed by atoms with E-state index in [1.54, 1.807) is 0 Å². The number of fused-ring (bicyclic) bond motifs is 1. The summed E-state index contributed by atoms with van der Waals surface area (Å²) in [5, 5.41) is 6.07. The highest BCUT2D eigenvalue weighted by atomic mass is 16.1. The van der Waals surface area contributed by atoms with E-state index in [0.29, 0.717) is 6.54 Å². The van der Waals surface area contributed by atoms with Gasteiger partial charge in [-0.1, -0.05) is 26.0 Å². The van der Waals surface area contributed by atoms with Crippen molar-refractivity contribution in [2.24, 2.45) is 0 Å². The molecule has 0 spiro atoms. The van der Waals surface area contributed by atoms with Gasteiger partial charge in [0.05, 0.1) is 5.56 Å². The first-order chi connectivity index (χ1) is 7.29. The van der Waals surface area contributed by atoms with Crippen LogP contribution >= 0.6 is 0 Å². The Morgan fingerprint density at radius 1 is 1.13 bits per heavy atom. The van der Waals surface area contributed by atoms with Gasteiger partial charge in [0.15, 0.2) is 0 Å². The summed E-state index contributed by atoms with van der Waals surface area (Å²) in [6, 6.07) is 5.75. The Labute approximate surface area is 90.9 Å². The predicted molar refractivity (Wildman–Crippen MR) is 63.3 cm³/mol. The topological polar surface area (TPSA) is 41.1 Å². The van der Waals surface area contributed by atoms with Gasteiger partial charge in [-0.15, -0.1) is 0 Å². The second kappa shape index (κ2) is 5.39. The average Bonchev–Trinajstić information content (AvgIpc) is 2.46. The lowest BCUT2D eigenvalue weighted by Gasteiger charge is -2.08. The fourth-order valence-electron chi connectivity index (χ4n) is 1.55. The zero-order valence-corrected chi connectivity index (χ0v) is 9.55. The van der Waals surface area contributed by atoms with E-state index in [0.717, 1.165) is 23.4 Å². The van der Waals surface area contributed by atoms with Gasteiger partial charge in [-0.25, -0.2) is 0 Å². The lowest BCUT2D eigenvalue weighted by atomic mass is 10.1. The van der Waals surface area contributed by atoms with Crippen LogP contribution in [0.5, 0.6) is 0 Å². The lowest BCUT2D eigenvalue weighted by Crippen LogP contribution is -2.24. The molecule has 0 radical (unpaired) electrons. The first-order valence-corrected chi connectivity index (χ1v) is 5.41. The monoisotopic (exact) mass is 206 g/mol. The van der Waals surface area contributed by atoms with Crippen LogP contribution < -0.4 is 10.6 Å². The molecule has 0 bridgehead atoms. The molecule has 0 aliphatic carbocycles. The molecule has 1 aromatic rings. The number of amides is 1. The minimum Gasteiger partial charge on any atom is -0.382 e. The largest absolute Gasteiger partial charge is 0.382 e. The summed E-state index contributed by atoms with van der Waals surface area (Å²) >= 11 is 0. The summed E-state index contributed by atoms with van der Waals surface area (Å²) in [7, 11) is 0. The Morgan fingerprint density at radius 2 is 1.80 bits per heavy atom. The number of rotatable bonds is 0. The van der Waals surface area contributed by atoms with Gasteiger partial charge < -0.3 is 10.6 Å². The highest BCUT2D eigenvalue weighted by molar-refractivity contribution is 6.00. The first-order valence-electron chi connectivity index (χ1n) is 5.41. The van der Waals surface area contributed by atoms with Gasteiger partial charge in [-0.05, 0) is 18.6 Å². The Bertz CT molecular complexity index is 347. The molecular weight excluding hydrogens is 188 g/mol. The SMILES string of the molecule is CC.Cc1cccc2c1NCCNC2=O. The Kier molecular flexibility index (Phi) is 4.16. The van der Waals surface area contributed by atoms with Crippen LogP contribution in [0.3, 0.4) is 0 Å². The zero-order valence-electron chi connectivity index (χ0n) is 9.55. The van der Waals surface area contributed by atoms with Gasteiger partial charge in [-0.2, -0.15) is 0 Å². The number of carbonyl (C=O) groups excluding carboxylic acids is 1. The summed E-state index contributed by atoms with van der Waals surface area (Å²) in [5.74, 6) is 0.0173. The van der Waals surface area contributed by atoms with E-state index in [4.69, 9.17) is 0 Å². The van der Waals surface area contributed by atoms with Crippen molar-refractivity contribution in [1.82, 2.24) is 5.32 Å². The second-order valence-corrected chi connectivity index (χ2v) is 3.18. The zero-order chi connectivity index (χ0) is 11.3. The van der Waals surface area contributed by atoms with E-state index in [-0.39, 0.29) is 5.91 Å². The number of aryl methyl sites for hydroxylation is 1. The molecule has 1 amide bonds. The highest BCUT2D eigenvalue weighted by Crippen LogP contribution is 2.21. The highest BCUT2D eigenvalue weighted by Gasteiger charge is 2.14. The molecule has 0 saturated carbocycles. The number of para-hydroxylation sites is 1. The number of hydrogen-bond acceptors (Lipinski definition) is 2. The second-order valence-electron chi connectivity index (χ2n) is 3.18. The molecule has 82 valence electrons. The fourth-order valence-corrected chi connectivity index (χ4v) is 1.55. The molecule has 3 heteroatoms. The van der Waals surface area contributed by atoms with Gasteiger partial charge in [0.2, 0.25) is 0 Å². The Balaban J connectivity index is 0.000000531. The van der Waals surface area contributed by atoms with Gasteiger partial charge >= 0.3 is 0 Å². The molecule has 2 N–H and O–H groups in total. The van der Waals surface area contributed by atoms with Gasteiger partial charge in [0.25, 0.3) is 5.91 Å². The van der Waals surface area contributed by atoms with Crippen molar-refractivity contribution in [3.63, 3.8) is 0 Å². The predicted octanol–water partition coefficient (Wildman–Crippen LogP) is 2.18. The smallest absolute Gasteiger partial charge is 0.253 e. The molecule has 1 aliphatic rings. The maximum Gasteiger partial charge on any atom is 0.253 e. The number of carbonyl (C=O) groups is 1. The molecule has 0 aromatic heterocycles. The molecular formula is C12H18N2O. The summed E-state index contributed by atoms with van der Waals surface area (Å²) < 4.78 is 0. The van der Waals surface area contributed by atoms with Crippen LogP contribution in [0.2, 0.25) is 0 Å². The van der Waals surface area contributed by atoms with E-state index >= 15 is 0 Å². The Morgan fingerprint density at radius 3 is 2.53 bits per heavy atom. The normalized spacial score (nSPS) is 13.7. The molecule has 0 saturated heterocycles. The van der Waals surface area contributed by atoms with Crippen LogP contribution in [-0.4, -0.2) is 19.0 Å². The van der Waals surface area contributed by atoms with Crippen LogP contribution in [0.1, 0.15) is 29.8 Å². The number of hydrogen-bond donors (Lipinski definition) is 2. The third kappa shape index (κ3) is 2.49. The molecule has 15 heavy (non-hydrogen) atoms. The van der Waals surface area contributed by atoms with E-state index in [9.17, 15) is 4.79 Å². The van der Waals surface area contributed by atoms with Crippen molar-refractivity contribution >= 4 is 11.6 Å². The maximum atomic E-state index is 11.5. The maximum absolute atomic E-state index is 11.5. The molecule has 1 aliphatic heterocycles. The van der Waals surface area contributed by atoms with Gasteiger partial charge in [0, 0.05) is 18.8 Å². The molecule has 3 nitrogen and oxygen atoms in total. The van der Waals surface area contributed by atoms with E-state index in [2.05, 4.69) is 10.6 Å². The summed E-state index contributed by atoms with van der Waals surface area (Å²) in [6.45, 7) is 7.49. The standard InChI is InChI=1S/C10H12N2O.C2H6/c1-7-3-2-4-8-9(7)11-5-6-12-10(8)13;1-2/h2-4,11H,5-6H2,1H3,(H,12,13);1-2H3. The van der Waals surface area contributed by atoms with Crippen LogP contribution in [0.25, 0.3) is 0 Å². The molecule has 0 fully saturated rings. The molecule has 2 rings (SSSR count). The van der Waals surface area contributed by atoms with Crippen molar-refractivity contribution in [1.29, 1.82) is 0 Å². The average molecular weight is 206 g/mol. The van der Waals surface area contributed by atoms with Crippen molar-refractivity contribution in [3.05, 3.63) is 29.3 Å². The van der Waals surface area contributed by atoms with Crippen molar-refractivity contribution < 1.29 is 4.79 Å². The van der Waals surface area contributed by atoms with E-state index < -0.39 is 0 Å². The fraction of sp³-hybridized carbons (Fsp3) is 0.417.